The number of carbonyl (C=O) groups excluding carboxylic acids is 3. The SMILES string of the molecule is CCOC(=O)CCCOc1ccc(C(=O)N2c3ccccc3[C@H](C(=O)N(CC)c3ccc(Cl)cc3)C[C@H]2C)cc1. The third kappa shape index (κ3) is 6.65. The number of fused-ring (bicyclic) bond motifs is 1. The lowest BCUT2D eigenvalue weighted by Gasteiger charge is -2.40. The Morgan fingerprint density at radius 1 is 0.975 bits per heavy atom. The van der Waals surface area contributed by atoms with Crippen LogP contribution < -0.4 is 14.5 Å². The molecule has 8 heteroatoms. The van der Waals surface area contributed by atoms with Crippen molar-refractivity contribution in [1.29, 1.82) is 0 Å². The molecule has 3 aromatic carbocycles. The highest BCUT2D eigenvalue weighted by atomic mass is 35.5. The molecule has 3 aromatic rings. The van der Waals surface area contributed by atoms with Crippen LogP contribution >= 0.6 is 11.6 Å². The third-order valence-corrected chi connectivity index (χ3v) is 7.28. The molecule has 0 fully saturated rings. The monoisotopic (exact) mass is 562 g/mol. The number of rotatable bonds is 10. The van der Waals surface area contributed by atoms with Gasteiger partial charge >= 0.3 is 5.97 Å². The molecule has 1 aliphatic heterocycles. The Bertz CT molecular complexity index is 1330. The second-order valence-corrected chi connectivity index (χ2v) is 10.1. The average molecular weight is 563 g/mol. The topological polar surface area (TPSA) is 76.1 Å². The zero-order chi connectivity index (χ0) is 28.6. The van der Waals surface area contributed by atoms with Gasteiger partial charge < -0.3 is 19.3 Å². The van der Waals surface area contributed by atoms with E-state index in [1.807, 2.05) is 50.2 Å². The lowest BCUT2D eigenvalue weighted by atomic mass is 9.84. The summed E-state index contributed by atoms with van der Waals surface area (Å²) >= 11 is 6.06. The van der Waals surface area contributed by atoms with E-state index in [4.69, 9.17) is 21.1 Å². The molecule has 0 unspecified atom stereocenters. The van der Waals surface area contributed by atoms with E-state index in [1.165, 1.54) is 0 Å². The summed E-state index contributed by atoms with van der Waals surface area (Å²) in [6, 6.07) is 21.7. The Balaban J connectivity index is 1.49. The van der Waals surface area contributed by atoms with Gasteiger partial charge in [0.2, 0.25) is 5.91 Å². The lowest BCUT2D eigenvalue weighted by Crippen LogP contribution is -2.46. The minimum atomic E-state index is -0.378. The van der Waals surface area contributed by atoms with Crippen molar-refractivity contribution in [3.05, 3.63) is 88.9 Å². The predicted octanol–water partition coefficient (Wildman–Crippen LogP) is 6.64. The smallest absolute Gasteiger partial charge is 0.305 e. The summed E-state index contributed by atoms with van der Waals surface area (Å²) in [4.78, 5) is 42.6. The molecule has 7 nitrogen and oxygen atoms in total. The minimum Gasteiger partial charge on any atom is -0.494 e. The second-order valence-electron chi connectivity index (χ2n) is 9.71. The zero-order valence-electron chi connectivity index (χ0n) is 23.1. The number of benzene rings is 3. The summed E-state index contributed by atoms with van der Waals surface area (Å²) in [6.45, 7) is 6.98. The fourth-order valence-corrected chi connectivity index (χ4v) is 5.23. The standard InChI is InChI=1S/C32H35ClN2O5/c1-4-34(25-16-14-24(33)15-17-25)32(38)28-21-22(3)35(29-10-7-6-9-27(28)29)31(37)23-12-18-26(19-13-23)40-20-8-11-30(36)39-5-2/h6-7,9-10,12-19,22,28H,4-5,8,11,20-21H2,1-3H3/t22-,28-/m1/s1. The van der Waals surface area contributed by atoms with Gasteiger partial charge in [-0.3, -0.25) is 14.4 Å². The maximum Gasteiger partial charge on any atom is 0.305 e. The molecule has 2 amide bonds. The molecule has 1 heterocycles. The molecule has 4 rings (SSSR count). The maximum absolute atomic E-state index is 13.8. The summed E-state index contributed by atoms with van der Waals surface area (Å²) in [5.74, 6) is -0.124. The van der Waals surface area contributed by atoms with Crippen molar-refractivity contribution >= 4 is 40.8 Å². The molecular weight excluding hydrogens is 528 g/mol. The summed E-state index contributed by atoms with van der Waals surface area (Å²) in [7, 11) is 0. The largest absolute Gasteiger partial charge is 0.494 e. The van der Waals surface area contributed by atoms with Crippen LogP contribution in [0.1, 0.15) is 61.9 Å². The van der Waals surface area contributed by atoms with Crippen molar-refractivity contribution < 1.29 is 23.9 Å². The molecule has 2 atom stereocenters. The summed E-state index contributed by atoms with van der Waals surface area (Å²) in [5.41, 5.74) is 2.91. The van der Waals surface area contributed by atoms with Gasteiger partial charge in [0.05, 0.1) is 19.1 Å². The van der Waals surface area contributed by atoms with Gasteiger partial charge in [-0.15, -0.1) is 0 Å². The van der Waals surface area contributed by atoms with Crippen LogP contribution in [-0.4, -0.2) is 43.6 Å². The van der Waals surface area contributed by atoms with Gasteiger partial charge in [-0.2, -0.15) is 0 Å². The van der Waals surface area contributed by atoms with Crippen LogP contribution in [0.3, 0.4) is 0 Å². The minimum absolute atomic E-state index is 0.000629. The number of anilines is 2. The molecule has 0 spiro atoms. The fraction of sp³-hybridized carbons (Fsp3) is 0.344. The third-order valence-electron chi connectivity index (χ3n) is 7.03. The maximum atomic E-state index is 13.8. The Hall–Kier alpha value is -3.84. The number of carbonyl (C=O) groups is 3. The molecule has 0 saturated carbocycles. The number of hydrogen-bond acceptors (Lipinski definition) is 5. The number of ether oxygens (including phenoxy) is 2. The normalized spacial score (nSPS) is 16.1. The van der Waals surface area contributed by atoms with E-state index in [2.05, 4.69) is 0 Å². The molecule has 1 aliphatic rings. The first-order valence-corrected chi connectivity index (χ1v) is 14.1. The van der Waals surface area contributed by atoms with Crippen LogP contribution in [0, 0.1) is 0 Å². The van der Waals surface area contributed by atoms with Crippen LogP contribution in [0.15, 0.2) is 72.8 Å². The van der Waals surface area contributed by atoms with E-state index in [-0.39, 0.29) is 29.7 Å². The molecule has 0 aliphatic carbocycles. The van der Waals surface area contributed by atoms with Crippen molar-refractivity contribution in [2.45, 2.75) is 52.0 Å². The fourth-order valence-electron chi connectivity index (χ4n) is 5.10. The number of amides is 2. The summed E-state index contributed by atoms with van der Waals surface area (Å²) in [6.07, 6.45) is 1.36. The van der Waals surface area contributed by atoms with Crippen LogP contribution in [0.25, 0.3) is 0 Å². The highest BCUT2D eigenvalue weighted by Crippen LogP contribution is 2.41. The van der Waals surface area contributed by atoms with E-state index in [1.54, 1.807) is 53.1 Å². The summed E-state index contributed by atoms with van der Waals surface area (Å²) < 4.78 is 10.7. The molecule has 0 N–H and O–H groups in total. The van der Waals surface area contributed by atoms with Crippen molar-refractivity contribution in [1.82, 2.24) is 0 Å². The van der Waals surface area contributed by atoms with Crippen LogP contribution in [0.4, 0.5) is 11.4 Å². The highest BCUT2D eigenvalue weighted by Gasteiger charge is 2.38. The average Bonchev–Trinajstić information content (AvgIpc) is 2.96. The first-order valence-electron chi connectivity index (χ1n) is 13.7. The second kappa shape index (κ2) is 13.5. The van der Waals surface area contributed by atoms with Crippen molar-refractivity contribution in [2.24, 2.45) is 0 Å². The Morgan fingerprint density at radius 3 is 2.35 bits per heavy atom. The number of likely N-dealkylation sites (N-methyl/N-ethyl adjacent to an activating group) is 1. The first-order chi connectivity index (χ1) is 19.3. The molecule has 0 saturated heterocycles. The van der Waals surface area contributed by atoms with E-state index in [0.717, 1.165) is 16.9 Å². The highest BCUT2D eigenvalue weighted by molar-refractivity contribution is 6.30. The van der Waals surface area contributed by atoms with Gasteiger partial charge in [0.15, 0.2) is 0 Å². The number of esters is 1. The predicted molar refractivity (Wildman–Crippen MR) is 157 cm³/mol. The van der Waals surface area contributed by atoms with Gasteiger partial charge in [-0.1, -0.05) is 29.8 Å². The van der Waals surface area contributed by atoms with Crippen molar-refractivity contribution in [2.75, 3.05) is 29.6 Å². The van der Waals surface area contributed by atoms with E-state index in [0.29, 0.717) is 55.4 Å². The number of nitrogens with zero attached hydrogens (tertiary/aromatic N) is 2. The Morgan fingerprint density at radius 2 is 1.68 bits per heavy atom. The van der Waals surface area contributed by atoms with Gasteiger partial charge in [-0.25, -0.2) is 0 Å². The van der Waals surface area contributed by atoms with Gasteiger partial charge in [-0.05, 0) is 93.8 Å². The molecular formula is C32H35ClN2O5. The van der Waals surface area contributed by atoms with Gasteiger partial charge in [0.1, 0.15) is 5.75 Å². The van der Waals surface area contributed by atoms with E-state index >= 15 is 0 Å². The van der Waals surface area contributed by atoms with E-state index in [9.17, 15) is 14.4 Å². The van der Waals surface area contributed by atoms with Crippen LogP contribution in [0.2, 0.25) is 5.02 Å². The molecule has 0 bridgehead atoms. The zero-order valence-corrected chi connectivity index (χ0v) is 23.9. The quantitative estimate of drug-likeness (QED) is 0.204. The van der Waals surface area contributed by atoms with Crippen molar-refractivity contribution in [3.8, 4) is 5.75 Å². The van der Waals surface area contributed by atoms with Gasteiger partial charge in [0.25, 0.3) is 5.91 Å². The number of hydrogen-bond donors (Lipinski definition) is 0. The molecule has 0 radical (unpaired) electrons. The molecule has 210 valence electrons. The number of halogens is 1. The Kier molecular flexibility index (Phi) is 9.83. The van der Waals surface area contributed by atoms with E-state index < -0.39 is 0 Å². The van der Waals surface area contributed by atoms with Crippen LogP contribution in [0.5, 0.6) is 5.75 Å². The Labute approximate surface area is 240 Å². The molecule has 40 heavy (non-hydrogen) atoms. The summed E-state index contributed by atoms with van der Waals surface area (Å²) in [5, 5.41) is 0.617. The van der Waals surface area contributed by atoms with Crippen LogP contribution in [-0.2, 0) is 14.3 Å². The van der Waals surface area contributed by atoms with Gasteiger partial charge in [0, 0.05) is 41.0 Å². The lowest BCUT2D eigenvalue weighted by molar-refractivity contribution is -0.143. The number of para-hydroxylation sites is 1. The van der Waals surface area contributed by atoms with Crippen molar-refractivity contribution in [3.63, 3.8) is 0 Å². The molecule has 0 aromatic heterocycles. The first kappa shape index (κ1) is 29.2.